The topological polar surface area (TPSA) is 86.8 Å². The largest absolute Gasteiger partial charge is 0.352 e. The Morgan fingerprint density at radius 3 is 2.15 bits per heavy atom. The lowest BCUT2D eigenvalue weighted by Crippen LogP contribution is -2.54. The minimum atomic E-state index is -3.99. The van der Waals surface area contributed by atoms with Gasteiger partial charge in [0.25, 0.3) is 0 Å². The zero-order valence-electron chi connectivity index (χ0n) is 22.2. The van der Waals surface area contributed by atoms with Crippen LogP contribution >= 0.6 is 23.2 Å². The van der Waals surface area contributed by atoms with Gasteiger partial charge in [-0.05, 0) is 60.9 Å². The van der Waals surface area contributed by atoms with Gasteiger partial charge in [0, 0.05) is 36.1 Å². The monoisotopic (exact) mass is 589 g/mol. The second-order valence-corrected chi connectivity index (χ2v) is 12.3. The lowest BCUT2D eigenvalue weighted by atomic mass is 10.0. The van der Waals surface area contributed by atoms with E-state index >= 15 is 0 Å². The fourth-order valence-corrected chi connectivity index (χ4v) is 5.44. The van der Waals surface area contributed by atoms with Gasteiger partial charge < -0.3 is 10.2 Å². The second-order valence-electron chi connectivity index (χ2n) is 9.39. The van der Waals surface area contributed by atoms with Crippen LogP contribution in [0.3, 0.4) is 0 Å². The van der Waals surface area contributed by atoms with E-state index in [0.29, 0.717) is 22.0 Å². The predicted octanol–water partition coefficient (Wildman–Crippen LogP) is 5.17. The number of halogens is 2. The van der Waals surface area contributed by atoms with Crippen LogP contribution in [0.15, 0.2) is 83.8 Å². The molecule has 0 unspecified atom stereocenters. The molecule has 0 aromatic heterocycles. The van der Waals surface area contributed by atoms with Gasteiger partial charge in [-0.3, -0.25) is 9.59 Å². The summed E-state index contributed by atoms with van der Waals surface area (Å²) in [7, 11) is -2.65. The zero-order valence-corrected chi connectivity index (χ0v) is 24.5. The number of likely N-dealkylation sites (N-methyl/N-ethyl adjacent to an activating group) is 1. The minimum Gasteiger partial charge on any atom is -0.352 e. The van der Waals surface area contributed by atoms with Crippen molar-refractivity contribution < 1.29 is 18.0 Å². The predicted molar refractivity (Wildman–Crippen MR) is 155 cm³/mol. The average molecular weight is 591 g/mol. The Morgan fingerprint density at radius 2 is 1.54 bits per heavy atom. The molecule has 2 amide bonds. The van der Waals surface area contributed by atoms with Gasteiger partial charge >= 0.3 is 0 Å². The maximum Gasteiger partial charge on any atom is 0.243 e. The first kappa shape index (κ1) is 30.6. The molecule has 39 heavy (non-hydrogen) atoms. The van der Waals surface area contributed by atoms with Gasteiger partial charge in [-0.1, -0.05) is 72.6 Å². The first-order valence-corrected chi connectivity index (χ1v) is 14.8. The number of benzene rings is 3. The Kier molecular flexibility index (Phi) is 10.9. The molecule has 0 aliphatic carbocycles. The molecule has 1 N–H and O–H groups in total. The standard InChI is InChI=1S/C29H33Cl2N3O4S/c1-4-21(2)32-29(36)27(18-22-9-6-5-7-10-22)34(19-23-11-8-12-25(31)17-23)28(35)20-33(3)39(37,38)26-15-13-24(30)14-16-26/h5-17,21,27H,4,18-20H2,1-3H3,(H,32,36)/t21-,27+/m0/s1. The maximum absolute atomic E-state index is 13.9. The summed E-state index contributed by atoms with van der Waals surface area (Å²) in [5.41, 5.74) is 1.58. The van der Waals surface area contributed by atoms with Crippen molar-refractivity contribution in [3.8, 4) is 0 Å². The van der Waals surface area contributed by atoms with Crippen LogP contribution in [-0.2, 0) is 32.6 Å². The highest BCUT2D eigenvalue weighted by Gasteiger charge is 2.33. The Hall–Kier alpha value is -2.91. The number of amides is 2. The summed E-state index contributed by atoms with van der Waals surface area (Å²) in [6, 6.07) is 21.2. The van der Waals surface area contributed by atoms with Crippen LogP contribution in [0.5, 0.6) is 0 Å². The molecule has 3 aromatic carbocycles. The maximum atomic E-state index is 13.9. The fraction of sp³-hybridized carbons (Fsp3) is 0.310. The Balaban J connectivity index is 1.98. The zero-order chi connectivity index (χ0) is 28.6. The van der Waals surface area contributed by atoms with E-state index < -0.39 is 28.5 Å². The summed E-state index contributed by atoms with van der Waals surface area (Å²) in [5.74, 6) is -0.831. The summed E-state index contributed by atoms with van der Waals surface area (Å²) in [6.45, 7) is 3.46. The van der Waals surface area contributed by atoms with Gasteiger partial charge in [-0.2, -0.15) is 4.31 Å². The van der Waals surface area contributed by atoms with Gasteiger partial charge in [0.15, 0.2) is 0 Å². The first-order chi connectivity index (χ1) is 18.5. The number of sulfonamides is 1. The summed E-state index contributed by atoms with van der Waals surface area (Å²) >= 11 is 12.1. The molecule has 3 aromatic rings. The Bertz CT molecular complexity index is 1370. The van der Waals surface area contributed by atoms with E-state index in [-0.39, 0.29) is 29.8 Å². The summed E-state index contributed by atoms with van der Waals surface area (Å²) in [4.78, 5) is 28.9. The summed E-state index contributed by atoms with van der Waals surface area (Å²) < 4.78 is 27.4. The molecule has 10 heteroatoms. The number of hydrogen-bond donors (Lipinski definition) is 1. The average Bonchev–Trinajstić information content (AvgIpc) is 2.91. The highest BCUT2D eigenvalue weighted by Crippen LogP contribution is 2.21. The number of carbonyl (C=O) groups is 2. The molecule has 0 aliphatic heterocycles. The number of hydrogen-bond acceptors (Lipinski definition) is 4. The summed E-state index contributed by atoms with van der Waals surface area (Å²) in [5, 5.41) is 3.89. The molecule has 0 bridgehead atoms. The van der Waals surface area contributed by atoms with E-state index in [1.54, 1.807) is 18.2 Å². The van der Waals surface area contributed by atoms with Crippen molar-refractivity contribution >= 4 is 45.0 Å². The highest BCUT2D eigenvalue weighted by atomic mass is 35.5. The van der Waals surface area contributed by atoms with Crippen LogP contribution < -0.4 is 5.32 Å². The highest BCUT2D eigenvalue weighted by molar-refractivity contribution is 7.89. The molecule has 0 radical (unpaired) electrons. The van der Waals surface area contributed by atoms with Crippen molar-refractivity contribution in [2.45, 2.75) is 50.2 Å². The number of carbonyl (C=O) groups excluding carboxylic acids is 2. The third-order valence-corrected chi connectivity index (χ3v) is 8.70. The Labute approximate surface area is 240 Å². The lowest BCUT2D eigenvalue weighted by Gasteiger charge is -2.33. The molecule has 7 nitrogen and oxygen atoms in total. The third-order valence-electron chi connectivity index (χ3n) is 6.39. The van der Waals surface area contributed by atoms with Crippen molar-refractivity contribution in [1.82, 2.24) is 14.5 Å². The first-order valence-electron chi connectivity index (χ1n) is 12.6. The van der Waals surface area contributed by atoms with E-state index in [1.807, 2.05) is 50.2 Å². The number of nitrogens with one attached hydrogen (secondary N) is 1. The SMILES string of the molecule is CC[C@H](C)NC(=O)[C@@H](Cc1ccccc1)N(Cc1cccc(Cl)c1)C(=O)CN(C)S(=O)(=O)c1ccc(Cl)cc1. The van der Waals surface area contributed by atoms with Crippen molar-refractivity contribution in [2.75, 3.05) is 13.6 Å². The minimum absolute atomic E-state index is 0.0129. The molecule has 0 fully saturated rings. The molecule has 0 aliphatic rings. The molecular weight excluding hydrogens is 557 g/mol. The van der Waals surface area contributed by atoms with Gasteiger partial charge in [-0.25, -0.2) is 8.42 Å². The number of nitrogens with zero attached hydrogens (tertiary/aromatic N) is 2. The van der Waals surface area contributed by atoms with Gasteiger partial charge in [0.2, 0.25) is 21.8 Å². The molecule has 0 saturated heterocycles. The van der Waals surface area contributed by atoms with Crippen LogP contribution in [-0.4, -0.2) is 55.1 Å². The van der Waals surface area contributed by atoms with Crippen LogP contribution in [0.25, 0.3) is 0 Å². The smallest absolute Gasteiger partial charge is 0.243 e. The summed E-state index contributed by atoms with van der Waals surface area (Å²) in [6.07, 6.45) is 0.969. The fourth-order valence-electron chi connectivity index (χ4n) is 3.98. The molecular formula is C29H33Cl2N3O4S. The van der Waals surface area contributed by atoms with Gasteiger partial charge in [0.05, 0.1) is 11.4 Å². The normalized spacial score (nSPS) is 13.1. The van der Waals surface area contributed by atoms with Crippen molar-refractivity contribution in [1.29, 1.82) is 0 Å². The Morgan fingerprint density at radius 1 is 0.897 bits per heavy atom. The van der Waals surface area contributed by atoms with Crippen LogP contribution in [0.4, 0.5) is 0 Å². The van der Waals surface area contributed by atoms with Crippen LogP contribution in [0.1, 0.15) is 31.4 Å². The van der Waals surface area contributed by atoms with E-state index in [9.17, 15) is 18.0 Å². The van der Waals surface area contributed by atoms with Crippen LogP contribution in [0, 0.1) is 0 Å². The third kappa shape index (κ3) is 8.54. The lowest BCUT2D eigenvalue weighted by molar-refractivity contribution is -0.141. The number of rotatable bonds is 12. The van der Waals surface area contributed by atoms with E-state index in [0.717, 1.165) is 9.87 Å². The van der Waals surface area contributed by atoms with E-state index in [4.69, 9.17) is 23.2 Å². The molecule has 3 rings (SSSR count). The van der Waals surface area contributed by atoms with Crippen molar-refractivity contribution in [2.24, 2.45) is 0 Å². The molecule has 0 spiro atoms. The quantitative estimate of drug-likeness (QED) is 0.316. The van der Waals surface area contributed by atoms with Crippen molar-refractivity contribution in [3.63, 3.8) is 0 Å². The van der Waals surface area contributed by atoms with Gasteiger partial charge in [-0.15, -0.1) is 0 Å². The molecule has 0 heterocycles. The van der Waals surface area contributed by atoms with Crippen LogP contribution in [0.2, 0.25) is 10.0 Å². The molecule has 2 atom stereocenters. The second kappa shape index (κ2) is 13.9. The van der Waals surface area contributed by atoms with Gasteiger partial charge in [0.1, 0.15) is 6.04 Å². The van der Waals surface area contributed by atoms with E-state index in [1.165, 1.54) is 36.2 Å². The molecule has 208 valence electrons. The molecule has 0 saturated carbocycles. The van der Waals surface area contributed by atoms with Crippen molar-refractivity contribution in [3.05, 3.63) is 100 Å². The van der Waals surface area contributed by atoms with E-state index in [2.05, 4.69) is 5.32 Å².